The molecule has 1 aliphatic rings. The molecule has 24 heavy (non-hydrogen) atoms. The molecule has 126 valence electrons. The number of carbonyl (C=O) groups is 1. The highest BCUT2D eigenvalue weighted by Gasteiger charge is 2.19. The number of halogens is 1. The number of benzene rings is 1. The molecule has 1 heterocycles. The quantitative estimate of drug-likeness (QED) is 0.714. The van der Waals surface area contributed by atoms with E-state index in [0.29, 0.717) is 17.6 Å². The van der Waals surface area contributed by atoms with Gasteiger partial charge in [-0.05, 0) is 50.7 Å². The van der Waals surface area contributed by atoms with Crippen LogP contribution in [0.2, 0.25) is 0 Å². The minimum absolute atomic E-state index is 0.0528. The highest BCUT2D eigenvalue weighted by molar-refractivity contribution is 9.10. The van der Waals surface area contributed by atoms with Gasteiger partial charge < -0.3 is 14.5 Å². The van der Waals surface area contributed by atoms with Crippen LogP contribution in [0, 0.1) is 4.64 Å². The van der Waals surface area contributed by atoms with Crippen molar-refractivity contribution in [1.29, 1.82) is 0 Å². The van der Waals surface area contributed by atoms with E-state index in [1.165, 1.54) is 5.69 Å². The summed E-state index contributed by atoms with van der Waals surface area (Å²) >= 11 is 8.98. The van der Waals surface area contributed by atoms with Gasteiger partial charge >= 0.3 is 0 Å². The van der Waals surface area contributed by atoms with Crippen LogP contribution in [-0.2, 0) is 24.2 Å². The van der Waals surface area contributed by atoms with Gasteiger partial charge in [-0.25, -0.2) is 4.98 Å². The summed E-state index contributed by atoms with van der Waals surface area (Å²) in [7, 11) is 0. The number of rotatable bonds is 5. The second kappa shape index (κ2) is 7.57. The summed E-state index contributed by atoms with van der Waals surface area (Å²) in [6.45, 7) is 0.615. The van der Waals surface area contributed by atoms with E-state index in [1.54, 1.807) is 0 Å². The Hall–Kier alpha value is -1.53. The number of fused-ring (bicyclic) bond motifs is 1. The first-order valence-corrected chi connectivity index (χ1v) is 9.35. The second-order valence-electron chi connectivity index (χ2n) is 6.01. The molecule has 0 radical (unpaired) electrons. The van der Waals surface area contributed by atoms with E-state index >= 15 is 0 Å². The number of nitrogens with zero attached hydrogens (tertiary/aromatic N) is 2. The molecule has 0 spiro atoms. The molecule has 0 aliphatic heterocycles. The molecule has 4 nitrogen and oxygen atoms in total. The van der Waals surface area contributed by atoms with E-state index in [2.05, 4.69) is 25.5 Å². The third-order valence-corrected chi connectivity index (χ3v) is 5.22. The first kappa shape index (κ1) is 17.3. The fraction of sp³-hybridized carbons (Fsp3) is 0.389. The maximum atomic E-state index is 10.8. The van der Waals surface area contributed by atoms with Gasteiger partial charge in [0.15, 0.2) is 0 Å². The molecule has 1 aromatic heterocycles. The molecule has 0 unspecified atom stereocenters. The summed E-state index contributed by atoms with van der Waals surface area (Å²) in [4.78, 5) is 15.5. The minimum atomic E-state index is -1.01. The van der Waals surface area contributed by atoms with Crippen molar-refractivity contribution >= 4 is 34.1 Å². The smallest absolute Gasteiger partial charge is 0.141 e. The van der Waals surface area contributed by atoms with Crippen molar-refractivity contribution in [3.8, 4) is 11.4 Å². The third kappa shape index (κ3) is 3.75. The van der Waals surface area contributed by atoms with Gasteiger partial charge in [0, 0.05) is 33.8 Å². The fourth-order valence-electron chi connectivity index (χ4n) is 3.21. The maximum Gasteiger partial charge on any atom is 0.141 e. The predicted molar refractivity (Wildman–Crippen MR) is 97.1 cm³/mol. The van der Waals surface area contributed by atoms with Crippen molar-refractivity contribution in [2.75, 3.05) is 0 Å². The Labute approximate surface area is 154 Å². The molecule has 0 atom stereocenters. The van der Waals surface area contributed by atoms with Crippen LogP contribution in [0.1, 0.15) is 36.9 Å². The van der Waals surface area contributed by atoms with Crippen LogP contribution >= 0.6 is 28.1 Å². The van der Waals surface area contributed by atoms with Crippen LogP contribution in [0.15, 0.2) is 28.7 Å². The molecule has 0 saturated carbocycles. The lowest BCUT2D eigenvalue weighted by Gasteiger charge is -2.24. The average Bonchev–Trinajstić information content (AvgIpc) is 2.57. The van der Waals surface area contributed by atoms with E-state index < -0.39 is 5.97 Å². The largest absolute Gasteiger partial charge is 0.550 e. The van der Waals surface area contributed by atoms with Crippen molar-refractivity contribution in [3.05, 3.63) is 44.6 Å². The van der Waals surface area contributed by atoms with Gasteiger partial charge in [-0.1, -0.05) is 40.3 Å². The maximum absolute atomic E-state index is 10.8. The van der Waals surface area contributed by atoms with Crippen LogP contribution in [0.4, 0.5) is 0 Å². The molecule has 0 saturated heterocycles. The lowest BCUT2D eigenvalue weighted by molar-refractivity contribution is -0.305. The molecule has 0 amide bonds. The normalized spacial score (nSPS) is 13.5. The van der Waals surface area contributed by atoms with Crippen molar-refractivity contribution < 1.29 is 9.90 Å². The molecular weight excluding hydrogens is 388 g/mol. The molecule has 6 heteroatoms. The lowest BCUT2D eigenvalue weighted by Crippen LogP contribution is -2.23. The van der Waals surface area contributed by atoms with E-state index in [-0.39, 0.29) is 6.42 Å². The van der Waals surface area contributed by atoms with Crippen molar-refractivity contribution in [2.45, 2.75) is 45.1 Å². The molecule has 0 bridgehead atoms. The summed E-state index contributed by atoms with van der Waals surface area (Å²) in [5.74, 6) is -0.186. The van der Waals surface area contributed by atoms with Crippen LogP contribution in [0.5, 0.6) is 0 Å². The van der Waals surface area contributed by atoms with Gasteiger partial charge in [0.2, 0.25) is 0 Å². The van der Waals surface area contributed by atoms with Gasteiger partial charge in [-0.3, -0.25) is 0 Å². The van der Waals surface area contributed by atoms with Gasteiger partial charge in [0.25, 0.3) is 0 Å². The zero-order valence-corrected chi connectivity index (χ0v) is 15.7. The standard InChI is InChI=1S/C18H19BrN2O2S/c19-13-9-7-12(8-10-13)17-20-18(24)14-4-1-2-5-15(14)21(17)11-3-6-16(22)23/h7-10H,1-6,11H2,(H,22,23)/p-1. The summed E-state index contributed by atoms with van der Waals surface area (Å²) in [5, 5.41) is 10.8. The monoisotopic (exact) mass is 405 g/mol. The summed E-state index contributed by atoms with van der Waals surface area (Å²) in [6.07, 6.45) is 4.78. The molecule has 1 aliphatic carbocycles. The Morgan fingerprint density at radius 3 is 2.67 bits per heavy atom. The first-order valence-electron chi connectivity index (χ1n) is 8.14. The predicted octanol–water partition coefficient (Wildman–Crippen LogP) is 3.45. The topological polar surface area (TPSA) is 57.9 Å². The Bertz CT molecular complexity index is 815. The van der Waals surface area contributed by atoms with Crippen molar-refractivity contribution in [3.63, 3.8) is 0 Å². The van der Waals surface area contributed by atoms with Crippen LogP contribution in [0.3, 0.4) is 0 Å². The van der Waals surface area contributed by atoms with Crippen LogP contribution in [-0.4, -0.2) is 15.5 Å². The minimum Gasteiger partial charge on any atom is -0.550 e. The molecule has 0 N–H and O–H groups in total. The lowest BCUT2D eigenvalue weighted by atomic mass is 9.96. The van der Waals surface area contributed by atoms with E-state index in [4.69, 9.17) is 12.2 Å². The SMILES string of the molecule is O=C([O-])CCCn1c(-c2ccc(Br)cc2)nc(=S)c2c1CCCC2. The zero-order chi connectivity index (χ0) is 17.1. The van der Waals surface area contributed by atoms with Gasteiger partial charge in [-0.2, -0.15) is 0 Å². The average molecular weight is 406 g/mol. The summed E-state index contributed by atoms with van der Waals surface area (Å²) in [6, 6.07) is 7.97. The summed E-state index contributed by atoms with van der Waals surface area (Å²) in [5.41, 5.74) is 3.37. The third-order valence-electron chi connectivity index (χ3n) is 4.35. The number of carboxylic acid groups (broad SMARTS) is 1. The number of aliphatic carboxylic acids is 1. The first-order chi connectivity index (χ1) is 11.6. The van der Waals surface area contributed by atoms with Gasteiger partial charge in [-0.15, -0.1) is 0 Å². The molecule has 0 fully saturated rings. The Morgan fingerprint density at radius 1 is 1.25 bits per heavy atom. The Kier molecular flexibility index (Phi) is 5.46. The fourth-order valence-corrected chi connectivity index (χ4v) is 3.78. The van der Waals surface area contributed by atoms with E-state index in [1.807, 2.05) is 24.3 Å². The molecule has 1 aromatic carbocycles. The zero-order valence-electron chi connectivity index (χ0n) is 13.3. The molecule has 3 rings (SSSR count). The highest BCUT2D eigenvalue weighted by atomic mass is 79.9. The number of carbonyl (C=O) groups excluding carboxylic acids is 1. The second-order valence-corrected chi connectivity index (χ2v) is 7.31. The van der Waals surface area contributed by atoms with E-state index in [9.17, 15) is 9.90 Å². The van der Waals surface area contributed by atoms with Crippen molar-refractivity contribution in [2.24, 2.45) is 0 Å². The van der Waals surface area contributed by atoms with Gasteiger partial charge in [0.05, 0.1) is 0 Å². The van der Waals surface area contributed by atoms with Gasteiger partial charge in [0.1, 0.15) is 10.5 Å². The Balaban J connectivity index is 2.08. The highest BCUT2D eigenvalue weighted by Crippen LogP contribution is 2.28. The number of hydrogen-bond acceptors (Lipinski definition) is 4. The number of hydrogen-bond donors (Lipinski definition) is 0. The molecule has 2 aromatic rings. The van der Waals surface area contributed by atoms with E-state index in [0.717, 1.165) is 47.1 Å². The van der Waals surface area contributed by atoms with Crippen LogP contribution in [0.25, 0.3) is 11.4 Å². The van der Waals surface area contributed by atoms with Crippen molar-refractivity contribution in [1.82, 2.24) is 9.55 Å². The molecular formula is C18H18BrN2O2S-. The van der Waals surface area contributed by atoms with Crippen LogP contribution < -0.4 is 5.11 Å². The Morgan fingerprint density at radius 2 is 1.96 bits per heavy atom. The number of aromatic nitrogens is 2. The number of carboxylic acids is 1. The summed E-state index contributed by atoms with van der Waals surface area (Å²) < 4.78 is 3.85.